The van der Waals surface area contributed by atoms with Crippen molar-refractivity contribution < 1.29 is 29.9 Å². The van der Waals surface area contributed by atoms with Gasteiger partial charge in [0.15, 0.2) is 0 Å². The fourth-order valence-electron chi connectivity index (χ4n) is 1.62. The molecule has 1 saturated heterocycles. The maximum absolute atomic E-state index is 9.73. The van der Waals surface area contributed by atoms with Crippen LogP contribution in [-0.4, -0.2) is 64.0 Å². The molecule has 1 rings (SSSR count). The van der Waals surface area contributed by atoms with Crippen LogP contribution in [0.25, 0.3) is 10.4 Å². The fourth-order valence-corrected chi connectivity index (χ4v) is 1.62. The van der Waals surface area contributed by atoms with Crippen LogP contribution >= 0.6 is 0 Å². The number of azide groups is 1. The minimum Gasteiger partial charge on any atom is -0.394 e. The number of nitrogens with zero attached hydrogens (tertiary/aromatic N) is 3. The van der Waals surface area contributed by atoms with Gasteiger partial charge in [-0.15, -0.1) is 0 Å². The first kappa shape index (κ1) is 14.1. The molecule has 0 aromatic rings. The zero-order chi connectivity index (χ0) is 13.1. The Kier molecular flexibility index (Phi) is 4.66. The lowest BCUT2D eigenvalue weighted by molar-refractivity contribution is -0.360. The van der Waals surface area contributed by atoms with E-state index in [-0.39, 0.29) is 6.61 Å². The summed E-state index contributed by atoms with van der Waals surface area (Å²) in [6.45, 7) is 0.980. The third kappa shape index (κ3) is 2.50. The van der Waals surface area contributed by atoms with Crippen molar-refractivity contribution in [2.24, 2.45) is 5.11 Å². The summed E-state index contributed by atoms with van der Waals surface area (Å²) in [6.07, 6.45) is -6.13. The first-order valence-electron chi connectivity index (χ1n) is 5.05. The molecular formula is C8H15N3O6. The van der Waals surface area contributed by atoms with Crippen molar-refractivity contribution in [2.45, 2.75) is 37.3 Å². The average Bonchev–Trinajstić information content (AvgIpc) is 2.32. The lowest BCUT2D eigenvalue weighted by atomic mass is 9.97. The first-order valence-corrected chi connectivity index (χ1v) is 5.05. The Balaban J connectivity index is 3.06. The molecule has 0 saturated carbocycles. The van der Waals surface area contributed by atoms with Gasteiger partial charge in [0.25, 0.3) is 5.91 Å². The standard InChI is InChI=1S/C8H15N3O6/c1-2-16-8(10-11-9)7(15)6(14)5(13)4(3-12)17-8/h4-7,12-15H,2-3H2,1H3/t4-,5-,6+,7-,8-/m1/s1. The molecule has 5 atom stereocenters. The Bertz CT molecular complexity index is 308. The Morgan fingerprint density at radius 3 is 2.53 bits per heavy atom. The van der Waals surface area contributed by atoms with Gasteiger partial charge in [0.05, 0.1) is 6.61 Å². The molecule has 0 bridgehead atoms. The van der Waals surface area contributed by atoms with E-state index in [0.717, 1.165) is 0 Å². The van der Waals surface area contributed by atoms with E-state index >= 15 is 0 Å². The predicted molar refractivity (Wildman–Crippen MR) is 53.5 cm³/mol. The van der Waals surface area contributed by atoms with Crippen LogP contribution in [-0.2, 0) is 9.47 Å². The molecule has 1 aliphatic rings. The van der Waals surface area contributed by atoms with Crippen molar-refractivity contribution in [1.29, 1.82) is 0 Å². The molecule has 17 heavy (non-hydrogen) atoms. The van der Waals surface area contributed by atoms with Gasteiger partial charge < -0.3 is 29.9 Å². The Labute approximate surface area is 96.8 Å². The largest absolute Gasteiger partial charge is 0.394 e. The molecule has 0 aromatic heterocycles. The molecule has 1 aliphatic heterocycles. The Morgan fingerprint density at radius 2 is 2.06 bits per heavy atom. The topological polar surface area (TPSA) is 148 Å². The second-order valence-corrected chi connectivity index (χ2v) is 3.52. The highest BCUT2D eigenvalue weighted by Crippen LogP contribution is 2.32. The van der Waals surface area contributed by atoms with Crippen LogP contribution in [0.2, 0.25) is 0 Å². The van der Waals surface area contributed by atoms with Crippen molar-refractivity contribution >= 4 is 0 Å². The van der Waals surface area contributed by atoms with Crippen LogP contribution in [0.4, 0.5) is 0 Å². The SMILES string of the molecule is CCO[C@@]1(N=[N+]=[N-])O[C@H](CO)[C@@H](O)[C@H](O)[C@H]1O. The van der Waals surface area contributed by atoms with Gasteiger partial charge in [0.1, 0.15) is 24.4 Å². The molecule has 0 radical (unpaired) electrons. The zero-order valence-corrected chi connectivity index (χ0v) is 9.17. The summed E-state index contributed by atoms with van der Waals surface area (Å²) in [6, 6.07) is 0. The summed E-state index contributed by atoms with van der Waals surface area (Å²) in [5, 5.41) is 40.9. The summed E-state index contributed by atoms with van der Waals surface area (Å²) in [7, 11) is 0. The number of ether oxygens (including phenoxy) is 2. The van der Waals surface area contributed by atoms with Crippen molar-refractivity contribution in [3.05, 3.63) is 10.4 Å². The normalized spacial score (nSPS) is 41.9. The summed E-state index contributed by atoms with van der Waals surface area (Å²) in [5.74, 6) is -2.14. The van der Waals surface area contributed by atoms with Crippen molar-refractivity contribution in [3.63, 3.8) is 0 Å². The molecule has 0 spiro atoms. The highest BCUT2D eigenvalue weighted by molar-refractivity contribution is 4.96. The highest BCUT2D eigenvalue weighted by Gasteiger charge is 2.54. The van der Waals surface area contributed by atoms with Gasteiger partial charge in [-0.05, 0) is 17.6 Å². The quantitative estimate of drug-likeness (QED) is 0.269. The predicted octanol–water partition coefficient (Wildman–Crippen LogP) is -1.54. The lowest BCUT2D eigenvalue weighted by Crippen LogP contribution is -2.65. The molecule has 98 valence electrons. The second kappa shape index (κ2) is 5.61. The lowest BCUT2D eigenvalue weighted by Gasteiger charge is -2.45. The number of aliphatic hydroxyl groups excluding tert-OH is 4. The van der Waals surface area contributed by atoms with E-state index in [1.807, 2.05) is 0 Å². The number of hydrogen-bond donors (Lipinski definition) is 4. The third-order valence-corrected chi connectivity index (χ3v) is 2.46. The van der Waals surface area contributed by atoms with Gasteiger partial charge >= 0.3 is 0 Å². The molecule has 1 heterocycles. The molecule has 0 aromatic carbocycles. The Morgan fingerprint density at radius 1 is 1.41 bits per heavy atom. The van der Waals surface area contributed by atoms with Crippen molar-refractivity contribution in [1.82, 2.24) is 0 Å². The van der Waals surface area contributed by atoms with Gasteiger partial charge in [0.2, 0.25) is 0 Å². The maximum atomic E-state index is 9.73. The van der Waals surface area contributed by atoms with Gasteiger partial charge in [-0.2, -0.15) is 0 Å². The Hall–Kier alpha value is -0.930. The zero-order valence-electron chi connectivity index (χ0n) is 9.17. The summed E-state index contributed by atoms with van der Waals surface area (Å²) in [5.41, 5.74) is 8.42. The fraction of sp³-hybridized carbons (Fsp3) is 1.00. The van der Waals surface area contributed by atoms with E-state index in [0.29, 0.717) is 0 Å². The van der Waals surface area contributed by atoms with Crippen LogP contribution in [0.3, 0.4) is 0 Å². The minimum atomic E-state index is -2.14. The van der Waals surface area contributed by atoms with Crippen LogP contribution in [0.1, 0.15) is 6.92 Å². The van der Waals surface area contributed by atoms with E-state index in [1.165, 1.54) is 0 Å². The van der Waals surface area contributed by atoms with E-state index in [9.17, 15) is 15.3 Å². The molecule has 0 amide bonds. The monoisotopic (exact) mass is 249 g/mol. The molecule has 4 N–H and O–H groups in total. The van der Waals surface area contributed by atoms with Gasteiger partial charge in [-0.1, -0.05) is 0 Å². The average molecular weight is 249 g/mol. The van der Waals surface area contributed by atoms with Gasteiger partial charge in [-0.3, -0.25) is 0 Å². The molecule has 1 fully saturated rings. The summed E-state index contributed by atoms with van der Waals surface area (Å²) in [4.78, 5) is 2.47. The van der Waals surface area contributed by atoms with Crippen LogP contribution in [0, 0.1) is 0 Å². The van der Waals surface area contributed by atoms with Crippen LogP contribution in [0.15, 0.2) is 5.11 Å². The summed E-state index contributed by atoms with van der Waals surface area (Å²) < 4.78 is 10.0. The third-order valence-electron chi connectivity index (χ3n) is 2.46. The van der Waals surface area contributed by atoms with Crippen LogP contribution < -0.4 is 0 Å². The molecule has 0 unspecified atom stereocenters. The maximum Gasteiger partial charge on any atom is 0.279 e. The number of rotatable bonds is 4. The first-order chi connectivity index (χ1) is 8.02. The van der Waals surface area contributed by atoms with E-state index in [2.05, 4.69) is 10.0 Å². The number of hydrogen-bond acceptors (Lipinski definition) is 7. The summed E-state index contributed by atoms with van der Waals surface area (Å²) >= 11 is 0. The smallest absolute Gasteiger partial charge is 0.279 e. The van der Waals surface area contributed by atoms with Crippen molar-refractivity contribution in [2.75, 3.05) is 13.2 Å². The molecular weight excluding hydrogens is 234 g/mol. The molecule has 9 heteroatoms. The molecule has 0 aliphatic carbocycles. The highest BCUT2D eigenvalue weighted by atomic mass is 16.7. The second-order valence-electron chi connectivity index (χ2n) is 3.52. The van der Waals surface area contributed by atoms with E-state index in [4.69, 9.17) is 20.1 Å². The van der Waals surface area contributed by atoms with Gasteiger partial charge in [-0.25, -0.2) is 0 Å². The minimum absolute atomic E-state index is 0.0387. The van der Waals surface area contributed by atoms with Crippen molar-refractivity contribution in [3.8, 4) is 0 Å². The van der Waals surface area contributed by atoms with E-state index in [1.54, 1.807) is 6.92 Å². The van der Waals surface area contributed by atoms with Gasteiger partial charge in [0, 0.05) is 11.5 Å². The number of aliphatic hydroxyl groups is 4. The van der Waals surface area contributed by atoms with E-state index < -0.39 is 36.9 Å². The molecule has 9 nitrogen and oxygen atoms in total. The van der Waals surface area contributed by atoms with Crippen LogP contribution in [0.5, 0.6) is 0 Å².